The van der Waals surface area contributed by atoms with Crippen LogP contribution in [-0.4, -0.2) is 43.7 Å². The van der Waals surface area contributed by atoms with E-state index in [1.54, 1.807) is 0 Å². The summed E-state index contributed by atoms with van der Waals surface area (Å²) in [4.78, 5) is 13.9. The Labute approximate surface area is 126 Å². The molecule has 0 aromatic heterocycles. The van der Waals surface area contributed by atoms with Gasteiger partial charge < -0.3 is 15.0 Å². The van der Waals surface area contributed by atoms with Gasteiger partial charge in [0.2, 0.25) is 5.91 Å². The van der Waals surface area contributed by atoms with Gasteiger partial charge in [0.25, 0.3) is 0 Å². The summed E-state index contributed by atoms with van der Waals surface area (Å²) in [6.07, 6.45) is 4.32. The highest BCUT2D eigenvalue weighted by Gasteiger charge is 2.16. The topological polar surface area (TPSA) is 41.6 Å². The van der Waals surface area contributed by atoms with Crippen molar-refractivity contribution in [1.29, 1.82) is 0 Å². The van der Waals surface area contributed by atoms with E-state index in [1.165, 1.54) is 36.0 Å². The standard InChI is InChI=1S/C17H24N2O2/c20-17(19-8-10-21-11-9-19)6-7-18-13-14-4-5-15-2-1-3-16(15)12-14/h4-5,12,18H,1-3,6-11,13H2. The number of nitrogens with one attached hydrogen (secondary N) is 1. The van der Waals surface area contributed by atoms with Gasteiger partial charge in [-0.2, -0.15) is 0 Å². The lowest BCUT2D eigenvalue weighted by atomic mass is 10.1. The van der Waals surface area contributed by atoms with Gasteiger partial charge in [-0.3, -0.25) is 4.79 Å². The van der Waals surface area contributed by atoms with E-state index in [4.69, 9.17) is 4.74 Å². The van der Waals surface area contributed by atoms with E-state index in [1.807, 2.05) is 4.90 Å². The maximum Gasteiger partial charge on any atom is 0.224 e. The van der Waals surface area contributed by atoms with E-state index >= 15 is 0 Å². The second-order valence-electron chi connectivity index (χ2n) is 5.88. The number of carbonyl (C=O) groups excluding carboxylic acids is 1. The average molecular weight is 288 g/mol. The van der Waals surface area contributed by atoms with E-state index < -0.39 is 0 Å². The van der Waals surface area contributed by atoms with Gasteiger partial charge in [-0.05, 0) is 36.0 Å². The van der Waals surface area contributed by atoms with E-state index in [-0.39, 0.29) is 5.91 Å². The third kappa shape index (κ3) is 3.83. The van der Waals surface area contributed by atoms with Crippen molar-refractivity contribution in [3.05, 3.63) is 34.9 Å². The molecule has 1 aliphatic carbocycles. The molecule has 0 unspecified atom stereocenters. The number of amides is 1. The average Bonchev–Trinajstić information content (AvgIpc) is 3.00. The van der Waals surface area contributed by atoms with Crippen LogP contribution < -0.4 is 5.32 Å². The van der Waals surface area contributed by atoms with Gasteiger partial charge in [0.1, 0.15) is 0 Å². The number of rotatable bonds is 5. The summed E-state index contributed by atoms with van der Waals surface area (Å²) in [6.45, 7) is 4.42. The zero-order valence-electron chi connectivity index (χ0n) is 12.6. The Balaban J connectivity index is 1.39. The zero-order chi connectivity index (χ0) is 14.5. The molecule has 0 bridgehead atoms. The van der Waals surface area contributed by atoms with Gasteiger partial charge in [0, 0.05) is 32.6 Å². The van der Waals surface area contributed by atoms with Gasteiger partial charge in [0.15, 0.2) is 0 Å². The van der Waals surface area contributed by atoms with Gasteiger partial charge in [-0.1, -0.05) is 18.2 Å². The summed E-state index contributed by atoms with van der Waals surface area (Å²) in [5, 5.41) is 3.38. The van der Waals surface area contributed by atoms with Crippen molar-refractivity contribution in [3.63, 3.8) is 0 Å². The number of nitrogens with zero attached hydrogens (tertiary/aromatic N) is 1. The smallest absolute Gasteiger partial charge is 0.224 e. The van der Waals surface area contributed by atoms with Gasteiger partial charge in [0.05, 0.1) is 13.2 Å². The monoisotopic (exact) mass is 288 g/mol. The minimum atomic E-state index is 0.236. The minimum absolute atomic E-state index is 0.236. The molecule has 4 nitrogen and oxygen atoms in total. The molecule has 114 valence electrons. The molecule has 1 heterocycles. The number of hydrogen-bond donors (Lipinski definition) is 1. The molecular formula is C17H24N2O2. The number of ether oxygens (including phenoxy) is 1. The van der Waals surface area contributed by atoms with Crippen molar-refractivity contribution in [3.8, 4) is 0 Å². The number of hydrogen-bond acceptors (Lipinski definition) is 3. The Bertz CT molecular complexity index is 496. The second kappa shape index (κ2) is 7.05. The Morgan fingerprint density at radius 2 is 2.00 bits per heavy atom. The molecule has 0 atom stereocenters. The molecule has 1 amide bonds. The number of aryl methyl sites for hydroxylation is 2. The molecule has 3 rings (SSSR count). The van der Waals surface area contributed by atoms with Crippen LogP contribution in [0, 0.1) is 0 Å². The SMILES string of the molecule is O=C(CCNCc1ccc2c(c1)CCC2)N1CCOCC1. The number of morpholine rings is 1. The number of carbonyl (C=O) groups is 1. The largest absolute Gasteiger partial charge is 0.378 e. The maximum absolute atomic E-state index is 12.0. The summed E-state index contributed by atoms with van der Waals surface area (Å²) in [7, 11) is 0. The van der Waals surface area contributed by atoms with Crippen LogP contribution in [0.3, 0.4) is 0 Å². The molecule has 1 aromatic rings. The van der Waals surface area contributed by atoms with Crippen LogP contribution in [0.25, 0.3) is 0 Å². The van der Waals surface area contributed by atoms with Crippen LogP contribution >= 0.6 is 0 Å². The first-order valence-electron chi connectivity index (χ1n) is 8.00. The first kappa shape index (κ1) is 14.5. The minimum Gasteiger partial charge on any atom is -0.378 e. The Morgan fingerprint density at radius 3 is 2.86 bits per heavy atom. The van der Waals surface area contributed by atoms with Crippen LogP contribution in [-0.2, 0) is 28.9 Å². The Morgan fingerprint density at radius 1 is 1.19 bits per heavy atom. The predicted molar refractivity (Wildman–Crippen MR) is 82.2 cm³/mol. The number of benzene rings is 1. The van der Waals surface area contributed by atoms with Crippen molar-refractivity contribution in [2.24, 2.45) is 0 Å². The third-order valence-electron chi connectivity index (χ3n) is 4.37. The Kier molecular flexibility index (Phi) is 4.88. The fourth-order valence-corrected chi connectivity index (χ4v) is 3.13. The van der Waals surface area contributed by atoms with E-state index in [2.05, 4.69) is 23.5 Å². The van der Waals surface area contributed by atoms with E-state index in [9.17, 15) is 4.79 Å². The Hall–Kier alpha value is -1.39. The molecule has 21 heavy (non-hydrogen) atoms. The summed E-state index contributed by atoms with van der Waals surface area (Å²) in [5.41, 5.74) is 4.36. The predicted octanol–water partition coefficient (Wildman–Crippen LogP) is 1.51. The van der Waals surface area contributed by atoms with E-state index in [0.717, 1.165) is 26.2 Å². The highest BCUT2D eigenvalue weighted by molar-refractivity contribution is 5.76. The molecule has 1 N–H and O–H groups in total. The van der Waals surface area contributed by atoms with Crippen molar-refractivity contribution in [2.45, 2.75) is 32.2 Å². The molecule has 0 radical (unpaired) electrons. The van der Waals surface area contributed by atoms with Crippen LogP contribution in [0.5, 0.6) is 0 Å². The van der Waals surface area contributed by atoms with Crippen molar-refractivity contribution in [2.75, 3.05) is 32.8 Å². The summed E-state index contributed by atoms with van der Waals surface area (Å²) >= 11 is 0. The molecular weight excluding hydrogens is 264 g/mol. The summed E-state index contributed by atoms with van der Waals surface area (Å²) in [5.74, 6) is 0.236. The van der Waals surface area contributed by atoms with Crippen molar-refractivity contribution >= 4 is 5.91 Å². The molecule has 1 aliphatic heterocycles. The fourth-order valence-electron chi connectivity index (χ4n) is 3.13. The molecule has 1 aromatic carbocycles. The third-order valence-corrected chi connectivity index (χ3v) is 4.37. The normalized spacial score (nSPS) is 17.8. The molecule has 0 spiro atoms. The molecule has 4 heteroatoms. The van der Waals surface area contributed by atoms with Gasteiger partial charge in [-0.15, -0.1) is 0 Å². The molecule has 2 aliphatic rings. The van der Waals surface area contributed by atoms with Crippen molar-refractivity contribution in [1.82, 2.24) is 10.2 Å². The molecule has 1 saturated heterocycles. The highest BCUT2D eigenvalue weighted by atomic mass is 16.5. The van der Waals surface area contributed by atoms with Crippen LogP contribution in [0.4, 0.5) is 0 Å². The molecule has 1 fully saturated rings. The second-order valence-corrected chi connectivity index (χ2v) is 5.88. The van der Waals surface area contributed by atoms with Crippen molar-refractivity contribution < 1.29 is 9.53 Å². The quantitative estimate of drug-likeness (QED) is 0.835. The van der Waals surface area contributed by atoms with Crippen LogP contribution in [0.15, 0.2) is 18.2 Å². The zero-order valence-corrected chi connectivity index (χ0v) is 12.6. The van der Waals surface area contributed by atoms with Gasteiger partial charge >= 0.3 is 0 Å². The van der Waals surface area contributed by atoms with Gasteiger partial charge in [-0.25, -0.2) is 0 Å². The lowest BCUT2D eigenvalue weighted by Gasteiger charge is -2.26. The number of fused-ring (bicyclic) bond motifs is 1. The van der Waals surface area contributed by atoms with Crippen LogP contribution in [0.1, 0.15) is 29.5 Å². The lowest BCUT2D eigenvalue weighted by molar-refractivity contribution is -0.135. The summed E-state index contributed by atoms with van der Waals surface area (Å²) in [6, 6.07) is 6.79. The summed E-state index contributed by atoms with van der Waals surface area (Å²) < 4.78 is 5.26. The molecule has 0 saturated carbocycles. The highest BCUT2D eigenvalue weighted by Crippen LogP contribution is 2.22. The first-order chi connectivity index (χ1) is 10.3. The van der Waals surface area contributed by atoms with E-state index in [0.29, 0.717) is 19.6 Å². The fraction of sp³-hybridized carbons (Fsp3) is 0.588. The first-order valence-corrected chi connectivity index (χ1v) is 8.00. The van der Waals surface area contributed by atoms with Crippen LogP contribution in [0.2, 0.25) is 0 Å². The maximum atomic E-state index is 12.0. The lowest BCUT2D eigenvalue weighted by Crippen LogP contribution is -2.41.